The van der Waals surface area contributed by atoms with E-state index in [0.717, 1.165) is 17.3 Å². The number of benzene rings is 2. The third kappa shape index (κ3) is 3.70. The molecule has 0 saturated heterocycles. The predicted molar refractivity (Wildman–Crippen MR) is 102 cm³/mol. The number of esters is 1. The number of aromatic amines is 1. The molecule has 2 aromatic heterocycles. The van der Waals surface area contributed by atoms with Gasteiger partial charge in [0.15, 0.2) is 17.5 Å². The van der Waals surface area contributed by atoms with Crippen LogP contribution in [0.5, 0.6) is 0 Å². The second-order valence-electron chi connectivity index (χ2n) is 5.84. The first-order valence-electron chi connectivity index (χ1n) is 8.27. The molecule has 1 atom stereocenters. The summed E-state index contributed by atoms with van der Waals surface area (Å²) in [6.07, 6.45) is -0.681. The minimum Gasteiger partial charge on any atom is -0.454 e. The van der Waals surface area contributed by atoms with Crippen LogP contribution in [0.4, 0.5) is 0 Å². The van der Waals surface area contributed by atoms with Gasteiger partial charge in [-0.1, -0.05) is 36.0 Å². The van der Waals surface area contributed by atoms with Crippen LogP contribution in [0.15, 0.2) is 63.0 Å². The van der Waals surface area contributed by atoms with Gasteiger partial charge in [0.25, 0.3) is 10.8 Å². The average Bonchev–Trinajstić information content (AvgIpc) is 3.09. The van der Waals surface area contributed by atoms with Crippen molar-refractivity contribution in [3.63, 3.8) is 0 Å². The van der Waals surface area contributed by atoms with Crippen LogP contribution < -0.4 is 5.56 Å². The molecule has 0 aliphatic rings. The maximum atomic E-state index is 12.1. The first-order chi connectivity index (χ1) is 13.1. The Morgan fingerprint density at radius 2 is 1.89 bits per heavy atom. The van der Waals surface area contributed by atoms with Crippen LogP contribution >= 0.6 is 11.8 Å². The zero-order valence-electron chi connectivity index (χ0n) is 14.3. The number of carbonyl (C=O) groups excluding carboxylic acids is 1. The van der Waals surface area contributed by atoms with Crippen LogP contribution in [0.25, 0.3) is 22.0 Å². The summed E-state index contributed by atoms with van der Waals surface area (Å²) in [6.45, 7) is 1.66. The normalized spacial score (nSPS) is 12.3. The maximum absolute atomic E-state index is 12.1. The van der Waals surface area contributed by atoms with Crippen molar-refractivity contribution in [3.05, 3.63) is 64.7 Å². The number of carbonyl (C=O) groups is 1. The largest absolute Gasteiger partial charge is 0.454 e. The summed E-state index contributed by atoms with van der Waals surface area (Å²) in [5.74, 6) is -0.112. The van der Waals surface area contributed by atoms with E-state index >= 15 is 0 Å². The van der Waals surface area contributed by atoms with E-state index < -0.39 is 12.1 Å². The van der Waals surface area contributed by atoms with Gasteiger partial charge >= 0.3 is 5.97 Å². The van der Waals surface area contributed by atoms with Crippen LogP contribution in [0.1, 0.15) is 18.9 Å². The summed E-state index contributed by atoms with van der Waals surface area (Å²) >= 11 is 1.15. The number of rotatable bonds is 5. The minimum absolute atomic E-state index is 0.0367. The van der Waals surface area contributed by atoms with Crippen molar-refractivity contribution in [3.8, 4) is 0 Å². The molecule has 0 fully saturated rings. The molecule has 0 bridgehead atoms. The van der Waals surface area contributed by atoms with E-state index in [0.29, 0.717) is 27.5 Å². The number of hydrogen-bond acceptors (Lipinski definition) is 7. The van der Waals surface area contributed by atoms with Crippen LogP contribution in [0.3, 0.4) is 0 Å². The Morgan fingerprint density at radius 3 is 2.70 bits per heavy atom. The molecule has 0 aliphatic carbocycles. The topological polar surface area (TPSA) is 98.1 Å². The molecule has 2 heterocycles. The minimum atomic E-state index is -0.681. The second-order valence-corrected chi connectivity index (χ2v) is 6.76. The molecule has 2 aromatic carbocycles. The number of H-pyrrole nitrogens is 1. The van der Waals surface area contributed by atoms with Crippen LogP contribution in [-0.2, 0) is 9.53 Å². The first-order valence-corrected chi connectivity index (χ1v) is 9.25. The molecule has 0 aliphatic heterocycles. The van der Waals surface area contributed by atoms with Crippen molar-refractivity contribution in [1.82, 2.24) is 15.0 Å². The molecule has 0 amide bonds. The highest BCUT2D eigenvalue weighted by Gasteiger charge is 2.17. The summed E-state index contributed by atoms with van der Waals surface area (Å²) in [5, 5.41) is 0.893. The van der Waals surface area contributed by atoms with Gasteiger partial charge in [-0.15, -0.1) is 0 Å². The van der Waals surface area contributed by atoms with Gasteiger partial charge in [-0.2, -0.15) is 0 Å². The van der Waals surface area contributed by atoms with Crippen LogP contribution in [0.2, 0.25) is 0 Å². The summed E-state index contributed by atoms with van der Waals surface area (Å²) in [4.78, 5) is 35.6. The lowest BCUT2D eigenvalue weighted by Gasteiger charge is -2.12. The summed E-state index contributed by atoms with van der Waals surface area (Å²) < 4.78 is 10.9. The van der Waals surface area contributed by atoms with E-state index in [4.69, 9.17) is 9.15 Å². The zero-order valence-corrected chi connectivity index (χ0v) is 15.2. The number of thioether (sulfide) groups is 1. The van der Waals surface area contributed by atoms with Gasteiger partial charge in [-0.25, -0.2) is 9.97 Å². The fourth-order valence-electron chi connectivity index (χ4n) is 2.62. The summed E-state index contributed by atoms with van der Waals surface area (Å²) in [6, 6.07) is 14.4. The summed E-state index contributed by atoms with van der Waals surface area (Å²) in [5.41, 5.74) is 1.69. The van der Waals surface area contributed by atoms with Crippen LogP contribution in [0, 0.1) is 0 Å². The number of oxazole rings is 1. The smallest absolute Gasteiger partial charge is 0.317 e. The standard InChI is InChI=1S/C19H15N3O4S/c1-11(17-20-13-7-3-2-6-12(13)18(24)22-17)25-16(23)10-27-19-21-14-8-4-5-9-15(14)26-19/h2-9,11H,10H2,1H3,(H,20,22,24)/t11-/m0/s1. The van der Waals surface area contributed by atoms with Crippen molar-refractivity contribution < 1.29 is 13.9 Å². The lowest BCUT2D eigenvalue weighted by atomic mass is 10.2. The second kappa shape index (κ2) is 7.24. The van der Waals surface area contributed by atoms with Gasteiger partial charge in [-0.3, -0.25) is 9.59 Å². The van der Waals surface area contributed by atoms with Gasteiger partial charge in [0.1, 0.15) is 11.3 Å². The van der Waals surface area contributed by atoms with E-state index in [1.807, 2.05) is 24.3 Å². The third-order valence-corrected chi connectivity index (χ3v) is 4.71. The Labute approximate surface area is 157 Å². The Bertz CT molecular complexity index is 1150. The number of fused-ring (bicyclic) bond motifs is 2. The average molecular weight is 381 g/mol. The van der Waals surface area contributed by atoms with Gasteiger partial charge in [0.05, 0.1) is 10.9 Å². The fourth-order valence-corrected chi connectivity index (χ4v) is 3.24. The van der Waals surface area contributed by atoms with Crippen molar-refractivity contribution in [2.75, 3.05) is 5.75 Å². The number of para-hydroxylation sites is 3. The highest BCUT2D eigenvalue weighted by molar-refractivity contribution is 7.99. The molecule has 0 spiro atoms. The van der Waals surface area contributed by atoms with Gasteiger partial charge in [0.2, 0.25) is 0 Å². The van der Waals surface area contributed by atoms with E-state index in [1.54, 1.807) is 31.2 Å². The molecule has 0 unspecified atom stereocenters. The Balaban J connectivity index is 1.42. The first kappa shape index (κ1) is 17.3. The molecular formula is C19H15N3O4S. The van der Waals surface area contributed by atoms with E-state index in [2.05, 4.69) is 15.0 Å². The van der Waals surface area contributed by atoms with E-state index in [9.17, 15) is 9.59 Å². The number of nitrogens with zero attached hydrogens (tertiary/aromatic N) is 2. The molecule has 27 heavy (non-hydrogen) atoms. The van der Waals surface area contributed by atoms with Crippen molar-refractivity contribution >= 4 is 39.7 Å². The number of nitrogens with one attached hydrogen (secondary N) is 1. The van der Waals surface area contributed by atoms with Crippen molar-refractivity contribution in [1.29, 1.82) is 0 Å². The maximum Gasteiger partial charge on any atom is 0.317 e. The van der Waals surface area contributed by atoms with Gasteiger partial charge in [-0.05, 0) is 31.2 Å². The van der Waals surface area contributed by atoms with Crippen molar-refractivity contribution in [2.45, 2.75) is 18.3 Å². The molecule has 0 saturated carbocycles. The Hall–Kier alpha value is -3.13. The van der Waals surface area contributed by atoms with Crippen LogP contribution in [-0.4, -0.2) is 26.7 Å². The quantitative estimate of drug-likeness (QED) is 0.417. The molecule has 1 N–H and O–H groups in total. The van der Waals surface area contributed by atoms with Gasteiger partial charge < -0.3 is 14.1 Å². The van der Waals surface area contributed by atoms with Gasteiger partial charge in [0, 0.05) is 0 Å². The monoisotopic (exact) mass is 381 g/mol. The molecule has 4 aromatic rings. The molecule has 0 radical (unpaired) electrons. The highest BCUT2D eigenvalue weighted by atomic mass is 32.2. The lowest BCUT2D eigenvalue weighted by Crippen LogP contribution is -2.18. The number of aromatic nitrogens is 3. The zero-order chi connectivity index (χ0) is 18.8. The fraction of sp³-hybridized carbons (Fsp3) is 0.158. The van der Waals surface area contributed by atoms with Crippen molar-refractivity contribution in [2.24, 2.45) is 0 Å². The SMILES string of the molecule is C[C@H](OC(=O)CSc1nc2ccccc2o1)c1nc2ccccc2c(=O)[nH]1. The molecule has 7 nitrogen and oxygen atoms in total. The molecule has 136 valence electrons. The predicted octanol–water partition coefficient (Wildman–Crippen LogP) is 3.46. The van der Waals surface area contributed by atoms with E-state index in [-0.39, 0.29) is 11.3 Å². The molecule has 4 rings (SSSR count). The molecular weight excluding hydrogens is 366 g/mol. The molecule has 8 heteroatoms. The number of ether oxygens (including phenoxy) is 1. The number of hydrogen-bond donors (Lipinski definition) is 1. The third-order valence-electron chi connectivity index (χ3n) is 3.91. The lowest BCUT2D eigenvalue weighted by molar-refractivity contribution is -0.145. The Kier molecular flexibility index (Phi) is 4.64. The highest BCUT2D eigenvalue weighted by Crippen LogP contribution is 2.24. The summed E-state index contributed by atoms with van der Waals surface area (Å²) in [7, 11) is 0. The van der Waals surface area contributed by atoms with E-state index in [1.165, 1.54) is 0 Å². The Morgan fingerprint density at radius 1 is 1.15 bits per heavy atom.